The molecule has 1 rings (SSSR count). The van der Waals surface area contributed by atoms with Crippen molar-refractivity contribution in [2.75, 3.05) is 6.61 Å². The van der Waals surface area contributed by atoms with Crippen molar-refractivity contribution >= 4 is 5.84 Å². The van der Waals surface area contributed by atoms with Crippen molar-refractivity contribution in [2.24, 2.45) is 10.9 Å². The molecule has 0 radical (unpaired) electrons. The molecule has 0 amide bonds. The third kappa shape index (κ3) is 3.42. The number of hydrogen-bond donors (Lipinski definition) is 2. The third-order valence-electron chi connectivity index (χ3n) is 2.14. The minimum atomic E-state index is 0.0126. The maximum absolute atomic E-state index is 8.60. The van der Waals surface area contributed by atoms with Gasteiger partial charge in [0, 0.05) is 6.20 Å². The molecule has 16 heavy (non-hydrogen) atoms. The van der Waals surface area contributed by atoms with Gasteiger partial charge in [-0.2, -0.15) is 0 Å². The molecular weight excluding hydrogens is 206 g/mol. The van der Waals surface area contributed by atoms with Crippen LogP contribution >= 0.6 is 0 Å². The molecule has 0 saturated heterocycles. The van der Waals surface area contributed by atoms with Crippen LogP contribution in [0.3, 0.4) is 0 Å². The number of nitrogens with zero attached hydrogens (tertiary/aromatic N) is 2. The highest BCUT2D eigenvalue weighted by Crippen LogP contribution is 2.14. The van der Waals surface area contributed by atoms with Crippen LogP contribution in [0.25, 0.3) is 0 Å². The maximum Gasteiger partial charge on any atom is 0.224 e. The summed E-state index contributed by atoms with van der Waals surface area (Å²) in [6.45, 7) is 2.72. The molecule has 0 aliphatic heterocycles. The summed E-state index contributed by atoms with van der Waals surface area (Å²) in [6.07, 6.45) is 4.84. The van der Waals surface area contributed by atoms with Gasteiger partial charge in [0.15, 0.2) is 5.84 Å². The average Bonchev–Trinajstić information content (AvgIpc) is 2.34. The summed E-state index contributed by atoms with van der Waals surface area (Å²) in [5.74, 6) is 0.424. The van der Waals surface area contributed by atoms with E-state index in [4.69, 9.17) is 15.7 Å². The summed E-state index contributed by atoms with van der Waals surface area (Å²) in [5.41, 5.74) is 6.02. The number of unbranched alkanes of at least 4 members (excludes halogenated alkanes) is 2. The van der Waals surface area contributed by atoms with Crippen LogP contribution in [0.1, 0.15) is 31.7 Å². The summed E-state index contributed by atoms with van der Waals surface area (Å²) >= 11 is 0. The zero-order valence-corrected chi connectivity index (χ0v) is 9.39. The standard InChI is InChI=1S/C11H17N3O2/c1-2-3-4-8-16-11-9(10(12)14-15)6-5-7-13-11/h5-7,15H,2-4,8H2,1H3,(H2,12,14). The van der Waals surface area contributed by atoms with Crippen molar-refractivity contribution in [1.29, 1.82) is 0 Å². The van der Waals surface area contributed by atoms with E-state index in [9.17, 15) is 0 Å². The first kappa shape index (κ1) is 12.3. The first-order chi connectivity index (χ1) is 7.79. The lowest BCUT2D eigenvalue weighted by molar-refractivity contribution is 0.293. The van der Waals surface area contributed by atoms with E-state index >= 15 is 0 Å². The summed E-state index contributed by atoms with van der Waals surface area (Å²) < 4.78 is 5.48. The van der Waals surface area contributed by atoms with Gasteiger partial charge in [-0.25, -0.2) is 4.98 Å². The van der Waals surface area contributed by atoms with E-state index < -0.39 is 0 Å². The SMILES string of the molecule is CCCCCOc1ncccc1/C(N)=N/O. The topological polar surface area (TPSA) is 80.7 Å². The molecule has 0 bridgehead atoms. The Hall–Kier alpha value is -1.78. The Morgan fingerprint density at radius 3 is 3.06 bits per heavy atom. The highest BCUT2D eigenvalue weighted by atomic mass is 16.5. The zero-order valence-electron chi connectivity index (χ0n) is 9.39. The molecule has 3 N–H and O–H groups in total. The van der Waals surface area contributed by atoms with Crippen LogP contribution in [0.2, 0.25) is 0 Å². The van der Waals surface area contributed by atoms with E-state index in [1.807, 2.05) is 0 Å². The van der Waals surface area contributed by atoms with Crippen LogP contribution in [0.5, 0.6) is 5.88 Å². The summed E-state index contributed by atoms with van der Waals surface area (Å²) in [6, 6.07) is 3.42. The van der Waals surface area contributed by atoms with E-state index in [2.05, 4.69) is 17.1 Å². The number of rotatable bonds is 6. The fraction of sp³-hybridized carbons (Fsp3) is 0.455. The van der Waals surface area contributed by atoms with Crippen LogP contribution in [0, 0.1) is 0 Å². The first-order valence-electron chi connectivity index (χ1n) is 5.35. The molecule has 88 valence electrons. The summed E-state index contributed by atoms with van der Waals surface area (Å²) in [7, 11) is 0. The van der Waals surface area contributed by atoms with Crippen molar-refractivity contribution in [3.8, 4) is 5.88 Å². The van der Waals surface area contributed by atoms with E-state index in [-0.39, 0.29) is 5.84 Å². The van der Waals surface area contributed by atoms with E-state index in [0.29, 0.717) is 18.1 Å². The molecule has 0 aromatic carbocycles. The van der Waals surface area contributed by atoms with Crippen molar-refractivity contribution in [3.63, 3.8) is 0 Å². The van der Waals surface area contributed by atoms with Gasteiger partial charge in [0.2, 0.25) is 5.88 Å². The second-order valence-electron chi connectivity index (χ2n) is 3.40. The first-order valence-corrected chi connectivity index (χ1v) is 5.35. The predicted molar refractivity (Wildman–Crippen MR) is 61.8 cm³/mol. The fourth-order valence-corrected chi connectivity index (χ4v) is 1.28. The van der Waals surface area contributed by atoms with Crippen LogP contribution in [-0.2, 0) is 0 Å². The maximum atomic E-state index is 8.60. The van der Waals surface area contributed by atoms with Crippen LogP contribution in [0.15, 0.2) is 23.5 Å². The Morgan fingerprint density at radius 1 is 1.56 bits per heavy atom. The molecule has 1 aromatic heterocycles. The van der Waals surface area contributed by atoms with E-state index in [1.54, 1.807) is 18.3 Å². The molecule has 1 aromatic rings. The number of oxime groups is 1. The Kier molecular flexibility index (Phi) is 5.11. The summed E-state index contributed by atoms with van der Waals surface area (Å²) in [5, 5.41) is 11.5. The van der Waals surface area contributed by atoms with Gasteiger partial charge in [-0.05, 0) is 18.6 Å². The zero-order chi connectivity index (χ0) is 11.8. The number of amidine groups is 1. The summed E-state index contributed by atoms with van der Waals surface area (Å²) in [4.78, 5) is 4.05. The Labute approximate surface area is 94.9 Å². The average molecular weight is 223 g/mol. The van der Waals surface area contributed by atoms with Gasteiger partial charge in [0.25, 0.3) is 0 Å². The minimum absolute atomic E-state index is 0.0126. The third-order valence-corrected chi connectivity index (χ3v) is 2.14. The van der Waals surface area contributed by atoms with E-state index in [0.717, 1.165) is 19.3 Å². The van der Waals surface area contributed by atoms with Crippen molar-refractivity contribution in [1.82, 2.24) is 4.98 Å². The number of hydrogen-bond acceptors (Lipinski definition) is 4. The minimum Gasteiger partial charge on any atom is -0.477 e. The molecule has 0 atom stereocenters. The molecule has 5 nitrogen and oxygen atoms in total. The van der Waals surface area contributed by atoms with E-state index in [1.165, 1.54) is 0 Å². The fourth-order valence-electron chi connectivity index (χ4n) is 1.28. The quantitative estimate of drug-likeness (QED) is 0.253. The molecule has 0 aliphatic rings. The molecule has 1 heterocycles. The van der Waals surface area contributed by atoms with Gasteiger partial charge >= 0.3 is 0 Å². The normalized spacial score (nSPS) is 11.4. The van der Waals surface area contributed by atoms with Crippen LogP contribution < -0.4 is 10.5 Å². The highest BCUT2D eigenvalue weighted by Gasteiger charge is 2.08. The lowest BCUT2D eigenvalue weighted by Gasteiger charge is -2.08. The van der Waals surface area contributed by atoms with Crippen molar-refractivity contribution in [2.45, 2.75) is 26.2 Å². The number of nitrogens with two attached hydrogens (primary N) is 1. The Morgan fingerprint density at radius 2 is 2.38 bits per heavy atom. The number of pyridine rings is 1. The molecule has 0 spiro atoms. The lowest BCUT2D eigenvalue weighted by Crippen LogP contribution is -2.15. The highest BCUT2D eigenvalue weighted by molar-refractivity contribution is 5.98. The van der Waals surface area contributed by atoms with Gasteiger partial charge in [0.1, 0.15) is 0 Å². The Bertz CT molecular complexity index is 353. The molecule has 0 saturated carbocycles. The number of ether oxygens (including phenoxy) is 1. The van der Waals surface area contributed by atoms with Crippen molar-refractivity contribution < 1.29 is 9.94 Å². The smallest absolute Gasteiger partial charge is 0.224 e. The van der Waals surface area contributed by atoms with Gasteiger partial charge in [0.05, 0.1) is 12.2 Å². The molecule has 0 unspecified atom stereocenters. The van der Waals surface area contributed by atoms with Crippen LogP contribution in [-0.4, -0.2) is 22.6 Å². The van der Waals surface area contributed by atoms with Gasteiger partial charge < -0.3 is 15.7 Å². The number of aromatic nitrogens is 1. The lowest BCUT2D eigenvalue weighted by atomic mass is 10.2. The largest absolute Gasteiger partial charge is 0.477 e. The van der Waals surface area contributed by atoms with Crippen molar-refractivity contribution in [3.05, 3.63) is 23.9 Å². The molecule has 0 aliphatic carbocycles. The Balaban J connectivity index is 2.64. The van der Waals surface area contributed by atoms with Gasteiger partial charge in [-0.1, -0.05) is 24.9 Å². The van der Waals surface area contributed by atoms with Gasteiger partial charge in [-0.3, -0.25) is 0 Å². The molecule has 0 fully saturated rings. The second kappa shape index (κ2) is 6.66. The molecular formula is C11H17N3O2. The molecule has 5 heteroatoms. The second-order valence-corrected chi connectivity index (χ2v) is 3.40. The monoisotopic (exact) mass is 223 g/mol. The van der Waals surface area contributed by atoms with Gasteiger partial charge in [-0.15, -0.1) is 0 Å². The predicted octanol–water partition coefficient (Wildman–Crippen LogP) is 1.75. The van der Waals surface area contributed by atoms with Crippen LogP contribution in [0.4, 0.5) is 0 Å².